The van der Waals surface area contributed by atoms with Crippen molar-refractivity contribution in [3.63, 3.8) is 0 Å². The van der Waals surface area contributed by atoms with Crippen molar-refractivity contribution < 1.29 is 0 Å². The van der Waals surface area contributed by atoms with Crippen LogP contribution >= 0.6 is 23.5 Å². The van der Waals surface area contributed by atoms with Crippen LogP contribution in [0.4, 0.5) is 0 Å². The normalized spacial score (nSPS) is 15.5. The molecule has 166 valence electrons. The summed E-state index contributed by atoms with van der Waals surface area (Å²) in [6.07, 6.45) is 2.24. The fraction of sp³-hybridized carbons (Fsp3) is 0.481. The molecule has 0 saturated carbocycles. The zero-order chi connectivity index (χ0) is 22.4. The number of aliphatic imine (C=N–C) groups is 2. The Kier molecular flexibility index (Phi) is 8.46. The summed E-state index contributed by atoms with van der Waals surface area (Å²) in [5.41, 5.74) is 5.49. The summed E-state index contributed by atoms with van der Waals surface area (Å²) in [7, 11) is 0. The van der Waals surface area contributed by atoms with Gasteiger partial charge in [0, 0.05) is 11.5 Å². The van der Waals surface area contributed by atoms with E-state index in [1.807, 2.05) is 11.8 Å². The van der Waals surface area contributed by atoms with Gasteiger partial charge in [0.25, 0.3) is 0 Å². The maximum Gasteiger partial charge on any atom is 0.185 e. The Hall–Kier alpha value is -1.52. The van der Waals surface area contributed by atoms with Crippen molar-refractivity contribution in [1.82, 2.24) is 0 Å². The maximum absolute atomic E-state index is 4.95. The molecule has 0 bridgehead atoms. The number of rotatable bonds is 8. The minimum Gasteiger partial charge on any atom is -0.248 e. The van der Waals surface area contributed by atoms with Gasteiger partial charge in [0.05, 0.1) is 0 Å². The molecule has 0 unspecified atom stereocenters. The second-order valence-corrected chi connectivity index (χ2v) is 11.6. The predicted molar refractivity (Wildman–Crippen MR) is 142 cm³/mol. The van der Waals surface area contributed by atoms with Crippen LogP contribution in [0.5, 0.6) is 0 Å². The first-order valence-corrected chi connectivity index (χ1v) is 13.3. The van der Waals surface area contributed by atoms with Crippen molar-refractivity contribution in [1.29, 1.82) is 0 Å². The third kappa shape index (κ3) is 6.98. The SMILES string of the molecule is CC(C)Cc1ccccc1CSC1=NC(C)(C)C(SCc2ccccc2CC(C)C)=N1. The average molecular weight is 453 g/mol. The van der Waals surface area contributed by atoms with Gasteiger partial charge in [0.15, 0.2) is 5.17 Å². The van der Waals surface area contributed by atoms with Crippen molar-refractivity contribution in [3.8, 4) is 0 Å². The highest BCUT2D eigenvalue weighted by molar-refractivity contribution is 8.15. The minimum absolute atomic E-state index is 0.239. The van der Waals surface area contributed by atoms with Gasteiger partial charge in [-0.05, 0) is 60.8 Å². The van der Waals surface area contributed by atoms with Gasteiger partial charge < -0.3 is 0 Å². The molecule has 2 nitrogen and oxygen atoms in total. The van der Waals surface area contributed by atoms with Gasteiger partial charge in [-0.1, -0.05) is 88.0 Å². The molecule has 4 heteroatoms. The molecular weight excluding hydrogens is 416 g/mol. The summed E-state index contributed by atoms with van der Waals surface area (Å²) in [6, 6.07) is 17.6. The fourth-order valence-electron chi connectivity index (χ4n) is 3.77. The zero-order valence-electron chi connectivity index (χ0n) is 19.8. The molecule has 0 radical (unpaired) electrons. The van der Waals surface area contributed by atoms with Gasteiger partial charge >= 0.3 is 0 Å². The van der Waals surface area contributed by atoms with E-state index in [2.05, 4.69) is 90.1 Å². The number of hydrogen-bond donors (Lipinski definition) is 0. The summed E-state index contributed by atoms with van der Waals surface area (Å²) >= 11 is 3.61. The molecule has 1 aliphatic heterocycles. The Morgan fingerprint density at radius 2 is 1.16 bits per heavy atom. The third-order valence-electron chi connectivity index (χ3n) is 5.31. The highest BCUT2D eigenvalue weighted by Crippen LogP contribution is 2.33. The molecule has 2 aromatic rings. The number of thioether (sulfide) groups is 2. The number of hydrogen-bond acceptors (Lipinski definition) is 4. The van der Waals surface area contributed by atoms with E-state index < -0.39 is 0 Å². The van der Waals surface area contributed by atoms with Crippen LogP contribution in [0.15, 0.2) is 58.5 Å². The van der Waals surface area contributed by atoms with Crippen LogP contribution in [-0.2, 0) is 24.3 Å². The molecule has 0 aliphatic carbocycles. The molecule has 0 aromatic heterocycles. The quantitative estimate of drug-likeness (QED) is 0.408. The van der Waals surface area contributed by atoms with Crippen molar-refractivity contribution in [2.45, 2.75) is 71.4 Å². The fourth-order valence-corrected chi connectivity index (χ4v) is 5.97. The predicted octanol–water partition coefficient (Wildman–Crippen LogP) is 7.80. The van der Waals surface area contributed by atoms with E-state index in [9.17, 15) is 0 Å². The molecule has 0 spiro atoms. The van der Waals surface area contributed by atoms with Gasteiger partial charge in [0.1, 0.15) is 10.6 Å². The maximum atomic E-state index is 4.95. The summed E-state index contributed by atoms with van der Waals surface area (Å²) in [4.78, 5) is 9.89. The van der Waals surface area contributed by atoms with E-state index in [0.29, 0.717) is 11.8 Å². The second kappa shape index (κ2) is 10.9. The van der Waals surface area contributed by atoms with Crippen LogP contribution in [0.2, 0.25) is 0 Å². The van der Waals surface area contributed by atoms with E-state index in [1.54, 1.807) is 11.8 Å². The molecule has 2 aromatic carbocycles. The van der Waals surface area contributed by atoms with Crippen LogP contribution in [0, 0.1) is 11.8 Å². The van der Waals surface area contributed by atoms with Gasteiger partial charge in [-0.2, -0.15) is 0 Å². The number of amidine groups is 1. The lowest BCUT2D eigenvalue weighted by molar-refractivity contribution is 0.644. The first kappa shape index (κ1) is 24.1. The monoisotopic (exact) mass is 452 g/mol. The molecule has 31 heavy (non-hydrogen) atoms. The Balaban J connectivity index is 1.65. The molecule has 0 N–H and O–H groups in total. The van der Waals surface area contributed by atoms with Gasteiger partial charge in [-0.15, -0.1) is 11.8 Å². The van der Waals surface area contributed by atoms with E-state index in [4.69, 9.17) is 9.98 Å². The van der Waals surface area contributed by atoms with Crippen molar-refractivity contribution in [3.05, 3.63) is 70.8 Å². The van der Waals surface area contributed by atoms with E-state index in [1.165, 1.54) is 22.3 Å². The highest BCUT2D eigenvalue weighted by Gasteiger charge is 2.31. The summed E-state index contributed by atoms with van der Waals surface area (Å²) < 4.78 is 0. The molecule has 0 fully saturated rings. The Morgan fingerprint density at radius 1 is 0.710 bits per heavy atom. The summed E-state index contributed by atoms with van der Waals surface area (Å²) in [5.74, 6) is 3.21. The van der Waals surface area contributed by atoms with Crippen LogP contribution < -0.4 is 0 Å². The number of benzene rings is 2. The Morgan fingerprint density at radius 3 is 1.65 bits per heavy atom. The molecule has 3 rings (SSSR count). The van der Waals surface area contributed by atoms with Gasteiger partial charge in [0.2, 0.25) is 0 Å². The van der Waals surface area contributed by atoms with Gasteiger partial charge in [-0.25, -0.2) is 9.98 Å². The summed E-state index contributed by atoms with van der Waals surface area (Å²) in [5, 5.41) is 2.05. The lowest BCUT2D eigenvalue weighted by Gasteiger charge is -2.17. The summed E-state index contributed by atoms with van der Waals surface area (Å²) in [6.45, 7) is 13.5. The smallest absolute Gasteiger partial charge is 0.185 e. The minimum atomic E-state index is -0.239. The van der Waals surface area contributed by atoms with Crippen LogP contribution in [0.3, 0.4) is 0 Å². The van der Waals surface area contributed by atoms with E-state index in [-0.39, 0.29) is 5.54 Å². The molecular formula is C27H36N2S2. The molecule has 0 amide bonds. The molecule has 1 aliphatic rings. The largest absolute Gasteiger partial charge is 0.248 e. The lowest BCUT2D eigenvalue weighted by atomic mass is 9.99. The van der Waals surface area contributed by atoms with E-state index >= 15 is 0 Å². The van der Waals surface area contributed by atoms with E-state index in [0.717, 1.165) is 34.6 Å². The third-order valence-corrected chi connectivity index (χ3v) is 7.53. The molecule has 0 saturated heterocycles. The van der Waals surface area contributed by atoms with Crippen molar-refractivity contribution >= 4 is 33.7 Å². The number of nitrogens with zero attached hydrogens (tertiary/aromatic N) is 2. The standard InChI is InChI=1S/C27H36N2S2/c1-19(2)15-21-11-7-9-13-23(21)17-30-25-27(5,6)29-26(28-25)31-18-24-14-10-8-12-22(24)16-20(3)4/h7-14,19-20H,15-18H2,1-6H3. The van der Waals surface area contributed by atoms with Gasteiger partial charge in [-0.3, -0.25) is 0 Å². The molecule has 0 atom stereocenters. The zero-order valence-corrected chi connectivity index (χ0v) is 21.4. The van der Waals surface area contributed by atoms with Crippen molar-refractivity contribution in [2.24, 2.45) is 21.8 Å². The second-order valence-electron chi connectivity index (χ2n) is 9.68. The highest BCUT2D eigenvalue weighted by atomic mass is 32.2. The molecule has 1 heterocycles. The average Bonchev–Trinajstić information content (AvgIpc) is 2.99. The van der Waals surface area contributed by atoms with Crippen LogP contribution in [0.1, 0.15) is 63.8 Å². The topological polar surface area (TPSA) is 24.7 Å². The van der Waals surface area contributed by atoms with Crippen molar-refractivity contribution in [2.75, 3.05) is 0 Å². The van der Waals surface area contributed by atoms with Crippen LogP contribution in [-0.4, -0.2) is 15.8 Å². The first-order valence-electron chi connectivity index (χ1n) is 11.3. The Bertz CT molecular complexity index is 942. The lowest BCUT2D eigenvalue weighted by Crippen LogP contribution is -2.23. The Labute approximate surface area is 197 Å². The van der Waals surface area contributed by atoms with Crippen LogP contribution in [0.25, 0.3) is 0 Å². The first-order chi connectivity index (χ1) is 14.7.